The van der Waals surface area contributed by atoms with Gasteiger partial charge in [-0.15, -0.1) is 0 Å². The molecule has 1 N–H and O–H groups in total. The molecule has 0 saturated heterocycles. The average molecular weight is 295 g/mol. The number of ether oxygens (including phenoxy) is 1. The Morgan fingerprint density at radius 1 is 1.38 bits per heavy atom. The van der Waals surface area contributed by atoms with Crippen LogP contribution in [0.2, 0.25) is 0 Å². The van der Waals surface area contributed by atoms with Crippen molar-refractivity contribution < 1.29 is 19.6 Å². The van der Waals surface area contributed by atoms with Crippen LogP contribution in [0.4, 0.5) is 5.69 Å². The number of carboxylic acids is 1. The molecule has 0 spiro atoms. The Morgan fingerprint density at radius 3 is 2.67 bits per heavy atom. The van der Waals surface area contributed by atoms with Crippen LogP contribution in [-0.4, -0.2) is 22.1 Å². The van der Waals surface area contributed by atoms with Crippen LogP contribution in [-0.2, 0) is 0 Å². The molecule has 1 aromatic rings. The number of carboxylic acid groups (broad SMARTS) is 1. The number of rotatable bonds is 9. The van der Waals surface area contributed by atoms with Gasteiger partial charge in [-0.1, -0.05) is 32.3 Å². The maximum atomic E-state index is 11.2. The van der Waals surface area contributed by atoms with E-state index >= 15 is 0 Å². The van der Waals surface area contributed by atoms with Crippen molar-refractivity contribution in [2.24, 2.45) is 0 Å². The van der Waals surface area contributed by atoms with Crippen molar-refractivity contribution in [3.8, 4) is 5.75 Å². The van der Waals surface area contributed by atoms with E-state index in [9.17, 15) is 14.9 Å². The highest BCUT2D eigenvalue weighted by molar-refractivity contribution is 5.92. The van der Waals surface area contributed by atoms with Crippen LogP contribution in [0, 0.1) is 10.1 Å². The number of benzene rings is 1. The van der Waals surface area contributed by atoms with Crippen LogP contribution in [0.1, 0.15) is 56.3 Å². The Labute approximate surface area is 123 Å². The van der Waals surface area contributed by atoms with Gasteiger partial charge >= 0.3 is 11.7 Å². The summed E-state index contributed by atoms with van der Waals surface area (Å²) < 4.78 is 5.56. The number of unbranched alkanes of at least 4 members (excludes halogenated alkanes) is 3. The largest absolute Gasteiger partial charge is 0.483 e. The van der Waals surface area contributed by atoms with E-state index in [-0.39, 0.29) is 23.1 Å². The van der Waals surface area contributed by atoms with Crippen molar-refractivity contribution in [1.29, 1.82) is 0 Å². The first kappa shape index (κ1) is 16.9. The molecule has 116 valence electrons. The first-order valence-electron chi connectivity index (χ1n) is 7.14. The topological polar surface area (TPSA) is 89.7 Å². The third-order valence-electron chi connectivity index (χ3n) is 3.20. The highest BCUT2D eigenvalue weighted by Gasteiger charge is 2.24. The minimum absolute atomic E-state index is 0.155. The quantitative estimate of drug-likeness (QED) is 0.422. The Morgan fingerprint density at radius 2 is 2.10 bits per heavy atom. The van der Waals surface area contributed by atoms with E-state index in [0.717, 1.165) is 32.1 Å². The van der Waals surface area contributed by atoms with Crippen LogP contribution < -0.4 is 4.74 Å². The monoisotopic (exact) mass is 295 g/mol. The summed E-state index contributed by atoms with van der Waals surface area (Å²) in [6.45, 7) is 3.92. The first-order valence-corrected chi connectivity index (χ1v) is 7.14. The zero-order chi connectivity index (χ0) is 15.8. The molecule has 1 atom stereocenters. The van der Waals surface area contributed by atoms with Crippen LogP contribution in [0.25, 0.3) is 0 Å². The second kappa shape index (κ2) is 8.24. The average Bonchev–Trinajstić information content (AvgIpc) is 2.43. The smallest absolute Gasteiger partial charge is 0.339 e. The van der Waals surface area contributed by atoms with Gasteiger partial charge in [0, 0.05) is 6.07 Å². The highest BCUT2D eigenvalue weighted by Crippen LogP contribution is 2.32. The SMILES string of the molecule is CCCCCCC(C)Oc1c(C(=O)O)cccc1[N+](=O)[O-]. The summed E-state index contributed by atoms with van der Waals surface area (Å²) in [5.41, 5.74) is -0.486. The molecule has 0 aliphatic heterocycles. The van der Waals surface area contributed by atoms with Gasteiger partial charge in [0.25, 0.3) is 0 Å². The number of hydrogen-bond acceptors (Lipinski definition) is 4. The van der Waals surface area contributed by atoms with Gasteiger partial charge in [-0.2, -0.15) is 0 Å². The summed E-state index contributed by atoms with van der Waals surface area (Å²) in [5.74, 6) is -1.38. The van der Waals surface area contributed by atoms with Crippen molar-refractivity contribution in [2.45, 2.75) is 52.1 Å². The molecule has 0 amide bonds. The van der Waals surface area contributed by atoms with E-state index in [4.69, 9.17) is 9.84 Å². The fraction of sp³-hybridized carbons (Fsp3) is 0.533. The lowest BCUT2D eigenvalue weighted by atomic mass is 10.1. The minimum Gasteiger partial charge on any atom is -0.483 e. The van der Waals surface area contributed by atoms with E-state index in [2.05, 4.69) is 6.92 Å². The first-order chi connectivity index (χ1) is 9.97. The molecule has 0 aliphatic rings. The summed E-state index contributed by atoms with van der Waals surface area (Å²) >= 11 is 0. The van der Waals surface area contributed by atoms with Gasteiger partial charge in [-0.25, -0.2) is 4.79 Å². The molecule has 1 rings (SSSR count). The number of nitrogens with zero attached hydrogens (tertiary/aromatic N) is 1. The van der Waals surface area contributed by atoms with Gasteiger partial charge in [0.15, 0.2) is 0 Å². The Balaban J connectivity index is 2.84. The van der Waals surface area contributed by atoms with Gasteiger partial charge in [-0.05, 0) is 25.8 Å². The molecule has 0 radical (unpaired) electrons. The number of para-hydroxylation sites is 1. The van der Waals surface area contributed by atoms with Crippen molar-refractivity contribution in [1.82, 2.24) is 0 Å². The number of hydrogen-bond donors (Lipinski definition) is 1. The van der Waals surface area contributed by atoms with Crippen LogP contribution >= 0.6 is 0 Å². The van der Waals surface area contributed by atoms with Gasteiger partial charge in [0.1, 0.15) is 5.56 Å². The second-order valence-corrected chi connectivity index (χ2v) is 4.99. The number of nitro groups is 1. The van der Waals surface area contributed by atoms with Crippen molar-refractivity contribution in [3.63, 3.8) is 0 Å². The predicted molar refractivity (Wildman–Crippen MR) is 78.9 cm³/mol. The number of nitro benzene ring substituents is 1. The lowest BCUT2D eigenvalue weighted by molar-refractivity contribution is -0.386. The van der Waals surface area contributed by atoms with E-state index in [1.807, 2.05) is 0 Å². The Kier molecular flexibility index (Phi) is 6.65. The summed E-state index contributed by atoms with van der Waals surface area (Å²) in [7, 11) is 0. The summed E-state index contributed by atoms with van der Waals surface area (Å²) in [5, 5.41) is 20.1. The third kappa shape index (κ3) is 5.06. The van der Waals surface area contributed by atoms with Gasteiger partial charge in [0.05, 0.1) is 11.0 Å². The lowest BCUT2D eigenvalue weighted by Gasteiger charge is -2.16. The number of carbonyl (C=O) groups is 1. The Hall–Kier alpha value is -2.11. The van der Waals surface area contributed by atoms with Crippen molar-refractivity contribution >= 4 is 11.7 Å². The fourth-order valence-electron chi connectivity index (χ4n) is 2.08. The molecule has 0 saturated carbocycles. The van der Waals surface area contributed by atoms with E-state index in [0.29, 0.717) is 0 Å². The summed E-state index contributed by atoms with van der Waals surface area (Å²) in [4.78, 5) is 21.6. The van der Waals surface area contributed by atoms with Crippen molar-refractivity contribution in [3.05, 3.63) is 33.9 Å². The molecule has 0 aliphatic carbocycles. The minimum atomic E-state index is -1.23. The lowest BCUT2D eigenvalue weighted by Crippen LogP contribution is -2.15. The molecule has 0 bridgehead atoms. The molecular weight excluding hydrogens is 274 g/mol. The molecule has 0 aromatic heterocycles. The number of aromatic carboxylic acids is 1. The third-order valence-corrected chi connectivity index (χ3v) is 3.20. The second-order valence-electron chi connectivity index (χ2n) is 4.99. The molecule has 6 heteroatoms. The highest BCUT2D eigenvalue weighted by atomic mass is 16.6. The molecule has 21 heavy (non-hydrogen) atoms. The summed E-state index contributed by atoms with van der Waals surface area (Å²) in [6, 6.07) is 3.92. The van der Waals surface area contributed by atoms with Crippen molar-refractivity contribution in [2.75, 3.05) is 0 Å². The van der Waals surface area contributed by atoms with Crippen LogP contribution in [0.5, 0.6) is 5.75 Å². The van der Waals surface area contributed by atoms with Crippen LogP contribution in [0.15, 0.2) is 18.2 Å². The van der Waals surface area contributed by atoms with Gasteiger partial charge in [0.2, 0.25) is 5.75 Å². The zero-order valence-electron chi connectivity index (χ0n) is 12.4. The summed E-state index contributed by atoms with van der Waals surface area (Å²) in [6.07, 6.45) is 4.78. The standard InChI is InChI=1S/C15H21NO5/c1-3-4-5-6-8-11(2)21-14-12(15(17)18)9-7-10-13(14)16(19)20/h7,9-11H,3-6,8H2,1-2H3,(H,17,18). The van der Waals surface area contributed by atoms with E-state index in [1.54, 1.807) is 6.92 Å². The predicted octanol–water partition coefficient (Wildman–Crippen LogP) is 4.03. The molecule has 6 nitrogen and oxygen atoms in total. The zero-order valence-corrected chi connectivity index (χ0v) is 12.4. The van der Waals surface area contributed by atoms with E-state index < -0.39 is 10.9 Å². The van der Waals surface area contributed by atoms with Gasteiger partial charge in [-0.3, -0.25) is 10.1 Å². The maximum Gasteiger partial charge on any atom is 0.339 e. The molecule has 1 aromatic carbocycles. The Bertz CT molecular complexity index is 469. The molecule has 0 heterocycles. The fourth-order valence-corrected chi connectivity index (χ4v) is 2.08. The molecular formula is C15H21NO5. The van der Waals surface area contributed by atoms with Gasteiger partial charge < -0.3 is 9.84 Å². The maximum absolute atomic E-state index is 11.2. The molecule has 0 fully saturated rings. The van der Waals surface area contributed by atoms with Crippen LogP contribution in [0.3, 0.4) is 0 Å². The molecule has 1 unspecified atom stereocenters. The van der Waals surface area contributed by atoms with E-state index in [1.165, 1.54) is 18.2 Å². The normalized spacial score (nSPS) is 11.9.